The maximum Gasteiger partial charge on any atom is 0.0693 e. The van der Waals surface area contributed by atoms with Crippen molar-refractivity contribution in [1.29, 1.82) is 0 Å². The van der Waals surface area contributed by atoms with Gasteiger partial charge < -0.3 is 10.4 Å². The average Bonchev–Trinajstić information content (AvgIpc) is 2.61. The highest BCUT2D eigenvalue weighted by Crippen LogP contribution is 2.20. The first kappa shape index (κ1) is 14.0. The third-order valence-electron chi connectivity index (χ3n) is 3.78. The van der Waals surface area contributed by atoms with Gasteiger partial charge in [0.1, 0.15) is 0 Å². The molecule has 0 radical (unpaired) electrons. The van der Waals surface area contributed by atoms with Crippen LogP contribution in [-0.2, 0) is 6.42 Å². The summed E-state index contributed by atoms with van der Waals surface area (Å²) < 4.78 is 0. The lowest BCUT2D eigenvalue weighted by atomic mass is 10.0. The molecular formula is C15H25NOS. The molecular weight excluding hydrogens is 242 g/mol. The number of thiophene rings is 1. The lowest BCUT2D eigenvalue weighted by Crippen LogP contribution is -2.44. The summed E-state index contributed by atoms with van der Waals surface area (Å²) in [7, 11) is 0. The van der Waals surface area contributed by atoms with Gasteiger partial charge in [-0.3, -0.25) is 0 Å². The standard InChI is InChI=1S/C15H25NOS/c1-11(10-13-9-8-12(2)18-13)16-14-6-4-3-5-7-15(14)17/h8-9,11,14-17H,3-7,10H2,1-2H3. The maximum absolute atomic E-state index is 10.1. The molecule has 0 aromatic carbocycles. The fraction of sp³-hybridized carbons (Fsp3) is 0.733. The van der Waals surface area contributed by atoms with Crippen molar-refractivity contribution < 1.29 is 5.11 Å². The highest BCUT2D eigenvalue weighted by Gasteiger charge is 2.22. The van der Waals surface area contributed by atoms with Crippen molar-refractivity contribution in [3.8, 4) is 0 Å². The van der Waals surface area contributed by atoms with Crippen molar-refractivity contribution in [2.75, 3.05) is 0 Å². The minimum absolute atomic E-state index is 0.153. The van der Waals surface area contributed by atoms with Crippen LogP contribution in [0.25, 0.3) is 0 Å². The number of hydrogen-bond donors (Lipinski definition) is 2. The Morgan fingerprint density at radius 2 is 2.11 bits per heavy atom. The Kier molecular flexibility index (Phi) is 5.22. The van der Waals surface area contributed by atoms with Crippen LogP contribution < -0.4 is 5.32 Å². The zero-order chi connectivity index (χ0) is 13.0. The molecule has 0 spiro atoms. The number of rotatable bonds is 4. The first-order chi connectivity index (χ1) is 8.65. The zero-order valence-electron chi connectivity index (χ0n) is 11.5. The number of aliphatic hydroxyl groups excluding tert-OH is 1. The molecule has 3 atom stereocenters. The van der Waals surface area contributed by atoms with E-state index in [1.54, 1.807) is 0 Å². The summed E-state index contributed by atoms with van der Waals surface area (Å²) in [5.41, 5.74) is 0. The van der Waals surface area contributed by atoms with Gasteiger partial charge in [-0.1, -0.05) is 19.3 Å². The van der Waals surface area contributed by atoms with E-state index in [1.165, 1.54) is 29.0 Å². The molecule has 1 aromatic heterocycles. The molecule has 18 heavy (non-hydrogen) atoms. The predicted octanol–water partition coefficient (Wildman–Crippen LogP) is 3.27. The van der Waals surface area contributed by atoms with Gasteiger partial charge in [0.2, 0.25) is 0 Å². The summed E-state index contributed by atoms with van der Waals surface area (Å²) in [6, 6.07) is 5.15. The quantitative estimate of drug-likeness (QED) is 0.821. The van der Waals surface area contributed by atoms with Crippen molar-refractivity contribution >= 4 is 11.3 Å². The maximum atomic E-state index is 10.1. The molecule has 1 aliphatic rings. The van der Waals surface area contributed by atoms with E-state index in [0.717, 1.165) is 19.3 Å². The van der Waals surface area contributed by atoms with Gasteiger partial charge in [0.15, 0.2) is 0 Å². The molecule has 2 nitrogen and oxygen atoms in total. The lowest BCUT2D eigenvalue weighted by Gasteiger charge is -2.25. The monoisotopic (exact) mass is 267 g/mol. The van der Waals surface area contributed by atoms with Gasteiger partial charge in [-0.2, -0.15) is 0 Å². The van der Waals surface area contributed by atoms with E-state index in [9.17, 15) is 5.11 Å². The fourth-order valence-corrected chi connectivity index (χ4v) is 3.82. The van der Waals surface area contributed by atoms with Crippen molar-refractivity contribution in [2.24, 2.45) is 0 Å². The number of hydrogen-bond acceptors (Lipinski definition) is 3. The summed E-state index contributed by atoms with van der Waals surface area (Å²) in [5, 5.41) is 13.7. The van der Waals surface area contributed by atoms with Crippen molar-refractivity contribution in [3.63, 3.8) is 0 Å². The summed E-state index contributed by atoms with van der Waals surface area (Å²) in [5.74, 6) is 0. The Balaban J connectivity index is 1.84. The third kappa shape index (κ3) is 4.08. The van der Waals surface area contributed by atoms with E-state index in [2.05, 4.69) is 31.3 Å². The minimum atomic E-state index is -0.153. The Morgan fingerprint density at radius 3 is 2.83 bits per heavy atom. The van der Waals surface area contributed by atoms with E-state index in [0.29, 0.717) is 12.1 Å². The van der Waals surface area contributed by atoms with Crippen molar-refractivity contribution in [1.82, 2.24) is 5.32 Å². The summed E-state index contributed by atoms with van der Waals surface area (Å²) in [4.78, 5) is 2.82. The molecule has 0 amide bonds. The lowest BCUT2D eigenvalue weighted by molar-refractivity contribution is 0.115. The number of nitrogens with one attached hydrogen (secondary N) is 1. The van der Waals surface area contributed by atoms with E-state index in [-0.39, 0.29) is 6.10 Å². The van der Waals surface area contributed by atoms with Crippen LogP contribution in [0.4, 0.5) is 0 Å². The largest absolute Gasteiger partial charge is 0.392 e. The Labute approximate surface area is 114 Å². The fourth-order valence-electron chi connectivity index (χ4n) is 2.80. The summed E-state index contributed by atoms with van der Waals surface area (Å²) in [6.45, 7) is 4.38. The topological polar surface area (TPSA) is 32.3 Å². The molecule has 3 heteroatoms. The smallest absolute Gasteiger partial charge is 0.0693 e. The molecule has 1 fully saturated rings. The predicted molar refractivity (Wildman–Crippen MR) is 78.2 cm³/mol. The van der Waals surface area contributed by atoms with Crippen molar-refractivity contribution in [2.45, 2.75) is 70.6 Å². The van der Waals surface area contributed by atoms with Crippen LogP contribution >= 0.6 is 11.3 Å². The zero-order valence-corrected chi connectivity index (χ0v) is 12.3. The van der Waals surface area contributed by atoms with Crippen LogP contribution in [0.5, 0.6) is 0 Å². The van der Waals surface area contributed by atoms with Crippen LogP contribution in [0.2, 0.25) is 0 Å². The van der Waals surface area contributed by atoms with Gasteiger partial charge in [0.05, 0.1) is 6.10 Å². The van der Waals surface area contributed by atoms with Crippen LogP contribution in [0.3, 0.4) is 0 Å². The van der Waals surface area contributed by atoms with Gasteiger partial charge in [-0.15, -0.1) is 11.3 Å². The molecule has 0 bridgehead atoms. The van der Waals surface area contributed by atoms with E-state index in [1.807, 2.05) is 11.3 Å². The van der Waals surface area contributed by atoms with Gasteiger partial charge in [0, 0.05) is 21.8 Å². The second-order valence-corrected chi connectivity index (χ2v) is 6.97. The van der Waals surface area contributed by atoms with E-state index >= 15 is 0 Å². The molecule has 102 valence electrons. The average molecular weight is 267 g/mol. The van der Waals surface area contributed by atoms with Crippen LogP contribution in [0.15, 0.2) is 12.1 Å². The molecule has 0 saturated heterocycles. The number of aryl methyl sites for hydroxylation is 1. The molecule has 1 aliphatic carbocycles. The molecule has 2 rings (SSSR count). The molecule has 1 aromatic rings. The van der Waals surface area contributed by atoms with Gasteiger partial charge in [0.25, 0.3) is 0 Å². The first-order valence-electron chi connectivity index (χ1n) is 7.14. The molecule has 3 unspecified atom stereocenters. The highest BCUT2D eigenvalue weighted by atomic mass is 32.1. The highest BCUT2D eigenvalue weighted by molar-refractivity contribution is 7.11. The van der Waals surface area contributed by atoms with E-state index < -0.39 is 0 Å². The molecule has 0 aliphatic heterocycles. The van der Waals surface area contributed by atoms with Crippen LogP contribution in [-0.4, -0.2) is 23.3 Å². The van der Waals surface area contributed by atoms with Crippen LogP contribution in [0.1, 0.15) is 48.8 Å². The normalized spacial score (nSPS) is 26.8. The molecule has 1 saturated carbocycles. The molecule has 1 heterocycles. The second kappa shape index (κ2) is 6.69. The Hall–Kier alpha value is -0.380. The minimum Gasteiger partial charge on any atom is -0.392 e. The van der Waals surface area contributed by atoms with Gasteiger partial charge in [-0.25, -0.2) is 0 Å². The Bertz CT molecular complexity index is 363. The molecule has 2 N–H and O–H groups in total. The number of aliphatic hydroxyl groups is 1. The third-order valence-corrected chi connectivity index (χ3v) is 4.80. The second-order valence-electron chi connectivity index (χ2n) is 5.60. The van der Waals surface area contributed by atoms with Crippen LogP contribution in [0, 0.1) is 6.92 Å². The Morgan fingerprint density at radius 1 is 1.33 bits per heavy atom. The summed E-state index contributed by atoms with van der Waals surface area (Å²) >= 11 is 1.88. The summed E-state index contributed by atoms with van der Waals surface area (Å²) in [6.07, 6.45) is 6.70. The van der Waals surface area contributed by atoms with Gasteiger partial charge in [-0.05, 0) is 45.2 Å². The van der Waals surface area contributed by atoms with E-state index in [4.69, 9.17) is 0 Å². The van der Waals surface area contributed by atoms with Crippen molar-refractivity contribution in [3.05, 3.63) is 21.9 Å². The van der Waals surface area contributed by atoms with Gasteiger partial charge >= 0.3 is 0 Å². The SMILES string of the molecule is Cc1ccc(CC(C)NC2CCCCCC2O)s1. The first-order valence-corrected chi connectivity index (χ1v) is 7.96.